The van der Waals surface area contributed by atoms with Crippen LogP contribution in [0, 0.1) is 0 Å². The Morgan fingerprint density at radius 3 is 2.50 bits per heavy atom. The van der Waals surface area contributed by atoms with Crippen molar-refractivity contribution in [1.82, 2.24) is 14.7 Å². The second-order valence-corrected chi connectivity index (χ2v) is 6.56. The molecule has 2 N–H and O–H groups in total. The highest BCUT2D eigenvalue weighted by molar-refractivity contribution is 5.86. The standard InChI is InChI=1S/C21H15F3N4O2/c22-21(23,24)16-4-1-3-15(11-16)14-8-6-13(7-9-14)12-26-18-17-5-2-10-25-19(17)28(30)20(29)27-18/h1-11,30H,12H2,(H,26,27,29). The van der Waals surface area contributed by atoms with Crippen LogP contribution in [0.2, 0.25) is 0 Å². The van der Waals surface area contributed by atoms with E-state index in [4.69, 9.17) is 0 Å². The molecular formula is C21H15F3N4O2. The van der Waals surface area contributed by atoms with Crippen molar-refractivity contribution in [2.24, 2.45) is 0 Å². The minimum atomic E-state index is -4.40. The van der Waals surface area contributed by atoms with Crippen molar-refractivity contribution in [2.75, 3.05) is 5.32 Å². The molecule has 0 saturated heterocycles. The first-order chi connectivity index (χ1) is 14.3. The van der Waals surface area contributed by atoms with Gasteiger partial charge >= 0.3 is 11.9 Å². The fourth-order valence-electron chi connectivity index (χ4n) is 3.06. The van der Waals surface area contributed by atoms with E-state index in [1.54, 1.807) is 42.5 Å². The van der Waals surface area contributed by atoms with E-state index in [9.17, 15) is 23.2 Å². The molecule has 0 saturated carbocycles. The van der Waals surface area contributed by atoms with Crippen LogP contribution in [0.1, 0.15) is 11.1 Å². The van der Waals surface area contributed by atoms with Gasteiger partial charge in [-0.25, -0.2) is 9.78 Å². The highest BCUT2D eigenvalue weighted by Crippen LogP contribution is 2.32. The van der Waals surface area contributed by atoms with Crippen LogP contribution in [0.4, 0.5) is 19.0 Å². The molecule has 0 bridgehead atoms. The number of nitrogens with zero attached hydrogens (tertiary/aromatic N) is 3. The van der Waals surface area contributed by atoms with E-state index in [0.29, 0.717) is 27.8 Å². The number of nitrogens with one attached hydrogen (secondary N) is 1. The first kappa shape index (κ1) is 19.4. The van der Waals surface area contributed by atoms with Crippen LogP contribution in [0.15, 0.2) is 71.7 Å². The lowest BCUT2D eigenvalue weighted by atomic mass is 10.0. The fourth-order valence-corrected chi connectivity index (χ4v) is 3.06. The van der Waals surface area contributed by atoms with Gasteiger partial charge in [0.1, 0.15) is 5.82 Å². The summed E-state index contributed by atoms with van der Waals surface area (Å²) in [6.45, 7) is 0.314. The summed E-state index contributed by atoms with van der Waals surface area (Å²) in [6, 6.07) is 15.5. The van der Waals surface area contributed by atoms with Gasteiger partial charge in [-0.2, -0.15) is 18.2 Å². The minimum absolute atomic E-state index is 0.0832. The quantitative estimate of drug-likeness (QED) is 0.488. The number of pyridine rings is 1. The topological polar surface area (TPSA) is 80.0 Å². The third-order valence-corrected chi connectivity index (χ3v) is 4.57. The average Bonchev–Trinajstić information content (AvgIpc) is 2.75. The molecular weight excluding hydrogens is 397 g/mol. The summed E-state index contributed by atoms with van der Waals surface area (Å²) >= 11 is 0. The van der Waals surface area contributed by atoms with Gasteiger partial charge in [-0.15, -0.1) is 4.73 Å². The van der Waals surface area contributed by atoms with E-state index in [0.717, 1.165) is 17.7 Å². The zero-order valence-electron chi connectivity index (χ0n) is 15.4. The third-order valence-electron chi connectivity index (χ3n) is 4.57. The van der Waals surface area contributed by atoms with Crippen molar-refractivity contribution in [3.05, 3.63) is 88.5 Å². The number of anilines is 1. The number of alkyl halides is 3. The smallest absolute Gasteiger partial charge is 0.416 e. The van der Waals surface area contributed by atoms with Gasteiger partial charge in [0, 0.05) is 12.7 Å². The summed E-state index contributed by atoms with van der Waals surface area (Å²) in [5, 5.41) is 13.3. The Bertz CT molecular complexity index is 1270. The maximum Gasteiger partial charge on any atom is 0.416 e. The molecule has 0 unspecified atom stereocenters. The lowest BCUT2D eigenvalue weighted by Gasteiger charge is -2.11. The van der Waals surface area contributed by atoms with E-state index in [1.165, 1.54) is 12.3 Å². The van der Waals surface area contributed by atoms with E-state index < -0.39 is 17.4 Å². The summed E-state index contributed by atoms with van der Waals surface area (Å²) in [4.78, 5) is 19.6. The number of hydrogen-bond donors (Lipinski definition) is 2. The lowest BCUT2D eigenvalue weighted by molar-refractivity contribution is -0.137. The summed E-state index contributed by atoms with van der Waals surface area (Å²) in [5.74, 6) is 0.273. The summed E-state index contributed by atoms with van der Waals surface area (Å²) in [7, 11) is 0. The van der Waals surface area contributed by atoms with Crippen molar-refractivity contribution in [3.63, 3.8) is 0 Å². The summed E-state index contributed by atoms with van der Waals surface area (Å²) in [6.07, 6.45) is -2.95. The molecule has 0 aliphatic heterocycles. The lowest BCUT2D eigenvalue weighted by Crippen LogP contribution is -2.23. The summed E-state index contributed by atoms with van der Waals surface area (Å²) < 4.78 is 39.1. The predicted molar refractivity (Wildman–Crippen MR) is 105 cm³/mol. The SMILES string of the molecule is O=c1nc(NCc2ccc(-c3cccc(C(F)(F)F)c3)cc2)c2cccnc2n1O. The summed E-state index contributed by atoms with van der Waals surface area (Å²) in [5.41, 5.74) is 0.479. The van der Waals surface area contributed by atoms with Gasteiger partial charge in [-0.3, -0.25) is 0 Å². The van der Waals surface area contributed by atoms with Crippen molar-refractivity contribution < 1.29 is 18.4 Å². The van der Waals surface area contributed by atoms with E-state index in [-0.39, 0.29) is 11.5 Å². The number of fused-ring (bicyclic) bond motifs is 1. The molecule has 0 radical (unpaired) electrons. The maximum atomic E-state index is 12.9. The number of rotatable bonds is 4. The molecule has 152 valence electrons. The van der Waals surface area contributed by atoms with Crippen molar-refractivity contribution in [2.45, 2.75) is 12.7 Å². The van der Waals surface area contributed by atoms with Gasteiger partial charge < -0.3 is 10.5 Å². The molecule has 30 heavy (non-hydrogen) atoms. The molecule has 2 aromatic carbocycles. The maximum absolute atomic E-state index is 12.9. The molecule has 4 rings (SSSR count). The molecule has 0 atom stereocenters. The Labute approximate surface area is 168 Å². The number of halogens is 3. The van der Waals surface area contributed by atoms with Gasteiger partial charge in [-0.05, 0) is 41.0 Å². The van der Waals surface area contributed by atoms with Gasteiger partial charge in [0.15, 0.2) is 5.65 Å². The van der Waals surface area contributed by atoms with Gasteiger partial charge in [0.05, 0.1) is 10.9 Å². The first-order valence-corrected chi connectivity index (χ1v) is 8.90. The second kappa shape index (κ2) is 7.51. The molecule has 0 amide bonds. The Kier molecular flexibility index (Phi) is 4.86. The Morgan fingerprint density at radius 2 is 1.77 bits per heavy atom. The highest BCUT2D eigenvalue weighted by atomic mass is 19.4. The van der Waals surface area contributed by atoms with Crippen LogP contribution in [0.5, 0.6) is 0 Å². The molecule has 0 aliphatic carbocycles. The molecule has 0 fully saturated rings. The fraction of sp³-hybridized carbons (Fsp3) is 0.0952. The van der Waals surface area contributed by atoms with Crippen LogP contribution in [-0.2, 0) is 12.7 Å². The highest BCUT2D eigenvalue weighted by Gasteiger charge is 2.30. The zero-order chi connectivity index (χ0) is 21.3. The molecule has 0 spiro atoms. The zero-order valence-corrected chi connectivity index (χ0v) is 15.4. The van der Waals surface area contributed by atoms with Crippen LogP contribution >= 0.6 is 0 Å². The van der Waals surface area contributed by atoms with Crippen LogP contribution < -0.4 is 11.0 Å². The minimum Gasteiger partial charge on any atom is -0.422 e. The van der Waals surface area contributed by atoms with Gasteiger partial charge in [-0.1, -0.05) is 36.4 Å². The molecule has 0 aliphatic rings. The number of hydrogen-bond acceptors (Lipinski definition) is 5. The normalized spacial score (nSPS) is 11.6. The van der Waals surface area contributed by atoms with Crippen LogP contribution in [0.25, 0.3) is 22.2 Å². The van der Waals surface area contributed by atoms with Crippen molar-refractivity contribution in [1.29, 1.82) is 0 Å². The molecule has 2 aromatic heterocycles. The average molecular weight is 412 g/mol. The Hall–Kier alpha value is -3.88. The van der Waals surface area contributed by atoms with E-state index in [2.05, 4.69) is 15.3 Å². The van der Waals surface area contributed by atoms with Crippen molar-refractivity contribution >= 4 is 16.9 Å². The molecule has 4 aromatic rings. The number of aromatic nitrogens is 3. The predicted octanol–water partition coefficient (Wildman–Crippen LogP) is 4.33. The largest absolute Gasteiger partial charge is 0.422 e. The van der Waals surface area contributed by atoms with Gasteiger partial charge in [0.25, 0.3) is 0 Å². The first-order valence-electron chi connectivity index (χ1n) is 8.90. The Morgan fingerprint density at radius 1 is 1.00 bits per heavy atom. The second-order valence-electron chi connectivity index (χ2n) is 6.56. The van der Waals surface area contributed by atoms with Gasteiger partial charge in [0.2, 0.25) is 0 Å². The van der Waals surface area contributed by atoms with Crippen LogP contribution in [-0.4, -0.2) is 19.9 Å². The molecule has 2 heterocycles. The van der Waals surface area contributed by atoms with E-state index >= 15 is 0 Å². The molecule has 6 nitrogen and oxygen atoms in total. The Balaban J connectivity index is 1.55. The molecule has 9 heteroatoms. The monoisotopic (exact) mass is 412 g/mol. The van der Waals surface area contributed by atoms with E-state index in [1.807, 2.05) is 0 Å². The van der Waals surface area contributed by atoms with Crippen LogP contribution in [0.3, 0.4) is 0 Å². The van der Waals surface area contributed by atoms with Crippen molar-refractivity contribution in [3.8, 4) is 11.1 Å². The third kappa shape index (κ3) is 3.82. The number of benzene rings is 2.